The molecular formula is C19H40Cl3NO. The lowest BCUT2D eigenvalue weighted by Crippen LogP contribution is -2.11. The van der Waals surface area contributed by atoms with Gasteiger partial charge in [-0.1, -0.05) is 76.9 Å². The molecule has 0 bridgehead atoms. The van der Waals surface area contributed by atoms with Crippen molar-refractivity contribution in [2.24, 2.45) is 0 Å². The van der Waals surface area contributed by atoms with Crippen molar-refractivity contribution in [3.05, 3.63) is 12.2 Å². The number of allylic oxidation sites excluding steroid dienone is 2. The van der Waals surface area contributed by atoms with Gasteiger partial charge in [0.25, 0.3) is 0 Å². The molecule has 0 aliphatic rings. The highest BCUT2D eigenvalue weighted by Crippen LogP contribution is 2.09. The number of hydrogen-bond acceptors (Lipinski definition) is 1. The molecule has 0 radical (unpaired) electrons. The van der Waals surface area contributed by atoms with E-state index in [0.717, 1.165) is 19.4 Å². The normalized spacial score (nSPS) is 9.71. The minimum atomic E-state index is 0. The Labute approximate surface area is 169 Å². The van der Waals surface area contributed by atoms with E-state index < -0.39 is 0 Å². The fraction of sp³-hybridized carbons (Fsp3) is 0.842. The van der Waals surface area contributed by atoms with Crippen molar-refractivity contribution in [2.75, 3.05) is 6.54 Å². The lowest BCUT2D eigenvalue weighted by Gasteiger charge is -2.00. The number of carbonyl (C=O) groups excluding carboxylic acids is 1. The second-order valence-electron chi connectivity index (χ2n) is 6.01. The zero-order valence-corrected chi connectivity index (χ0v) is 17.9. The minimum absolute atomic E-state index is 0. The van der Waals surface area contributed by atoms with Crippen molar-refractivity contribution in [1.82, 2.24) is 5.32 Å². The Balaban J connectivity index is -0.000000667. The zero-order valence-electron chi connectivity index (χ0n) is 15.5. The average Bonchev–Trinajstić information content (AvgIpc) is 2.50. The first-order valence-electron chi connectivity index (χ1n) is 9.23. The van der Waals surface area contributed by atoms with Crippen molar-refractivity contribution in [3.63, 3.8) is 0 Å². The van der Waals surface area contributed by atoms with E-state index in [9.17, 15) is 4.79 Å². The van der Waals surface area contributed by atoms with Gasteiger partial charge in [-0.05, 0) is 32.1 Å². The number of halogens is 3. The Kier molecular flexibility index (Phi) is 41.0. The summed E-state index contributed by atoms with van der Waals surface area (Å²) in [4.78, 5) is 10.0. The van der Waals surface area contributed by atoms with E-state index in [1.807, 2.05) is 0 Å². The fourth-order valence-corrected chi connectivity index (χ4v) is 2.53. The largest absolute Gasteiger partial charge is 0.359 e. The van der Waals surface area contributed by atoms with Gasteiger partial charge in [0.2, 0.25) is 6.41 Å². The van der Waals surface area contributed by atoms with E-state index in [2.05, 4.69) is 24.4 Å². The minimum Gasteiger partial charge on any atom is -0.359 e. The van der Waals surface area contributed by atoms with Crippen molar-refractivity contribution in [1.29, 1.82) is 0 Å². The molecule has 24 heavy (non-hydrogen) atoms. The third kappa shape index (κ3) is 30.0. The lowest BCUT2D eigenvalue weighted by atomic mass is 10.1. The van der Waals surface area contributed by atoms with Crippen LogP contribution in [0.3, 0.4) is 0 Å². The van der Waals surface area contributed by atoms with Crippen LogP contribution in [0.4, 0.5) is 0 Å². The third-order valence-corrected chi connectivity index (χ3v) is 3.92. The number of nitrogens with one attached hydrogen (secondary N) is 1. The molecule has 1 amide bonds. The smallest absolute Gasteiger partial charge is 0.207 e. The van der Waals surface area contributed by atoms with Crippen molar-refractivity contribution in [2.45, 2.75) is 96.8 Å². The number of hydrogen-bond donors (Lipinski definition) is 1. The molecule has 0 saturated heterocycles. The maximum Gasteiger partial charge on any atom is 0.207 e. The van der Waals surface area contributed by atoms with Gasteiger partial charge < -0.3 is 5.32 Å². The van der Waals surface area contributed by atoms with E-state index >= 15 is 0 Å². The van der Waals surface area contributed by atoms with E-state index in [4.69, 9.17) is 0 Å². The summed E-state index contributed by atoms with van der Waals surface area (Å²) in [6.07, 6.45) is 24.1. The monoisotopic (exact) mass is 403 g/mol. The van der Waals surface area contributed by atoms with Gasteiger partial charge in [0.15, 0.2) is 0 Å². The summed E-state index contributed by atoms with van der Waals surface area (Å²) in [5.41, 5.74) is 0. The molecular weight excluding hydrogens is 365 g/mol. The summed E-state index contributed by atoms with van der Waals surface area (Å²) < 4.78 is 0. The van der Waals surface area contributed by atoms with Crippen molar-refractivity contribution in [3.8, 4) is 0 Å². The van der Waals surface area contributed by atoms with Crippen LogP contribution < -0.4 is 5.32 Å². The standard InChI is InChI=1S/C19H37NO.3ClH/c1-2-3-4-5-6-7-8-9-10-11-12-13-14-15-16-17-18-20-19-21;;;/h9-10,19H,2-8,11-18H2,1H3,(H,20,21);3*1H/b10-9-;;;. The van der Waals surface area contributed by atoms with Gasteiger partial charge in [0.1, 0.15) is 0 Å². The highest BCUT2D eigenvalue weighted by atomic mass is 35.5. The molecule has 0 fully saturated rings. The zero-order chi connectivity index (χ0) is 15.4. The van der Waals surface area contributed by atoms with Gasteiger partial charge in [-0.15, -0.1) is 37.2 Å². The molecule has 0 spiro atoms. The average molecular weight is 405 g/mol. The Bertz CT molecular complexity index is 239. The molecule has 0 aromatic heterocycles. The highest BCUT2D eigenvalue weighted by molar-refractivity contribution is 5.86. The Morgan fingerprint density at radius 1 is 0.625 bits per heavy atom. The van der Waals surface area contributed by atoms with E-state index in [1.54, 1.807) is 0 Å². The predicted molar refractivity (Wildman–Crippen MR) is 115 cm³/mol. The number of unbranched alkanes of at least 4 members (excludes halogenated alkanes) is 12. The Morgan fingerprint density at radius 2 is 1.04 bits per heavy atom. The van der Waals surface area contributed by atoms with Crippen LogP contribution in [-0.2, 0) is 4.79 Å². The second kappa shape index (κ2) is 30.9. The van der Waals surface area contributed by atoms with Gasteiger partial charge in [-0.25, -0.2) is 0 Å². The molecule has 0 aliphatic heterocycles. The number of amides is 1. The summed E-state index contributed by atoms with van der Waals surface area (Å²) in [5.74, 6) is 0. The van der Waals surface area contributed by atoms with Crippen LogP contribution in [0.2, 0.25) is 0 Å². The van der Waals surface area contributed by atoms with Crippen LogP contribution >= 0.6 is 37.2 Å². The molecule has 0 aromatic carbocycles. The van der Waals surface area contributed by atoms with Crippen LogP contribution in [0.15, 0.2) is 12.2 Å². The second-order valence-corrected chi connectivity index (χ2v) is 6.01. The summed E-state index contributed by atoms with van der Waals surface area (Å²) >= 11 is 0. The van der Waals surface area contributed by atoms with Gasteiger partial charge in [-0.2, -0.15) is 0 Å². The molecule has 2 nitrogen and oxygen atoms in total. The van der Waals surface area contributed by atoms with Gasteiger partial charge in [-0.3, -0.25) is 4.79 Å². The maximum atomic E-state index is 10.0. The SMILES string of the molecule is CCCCCCCC/C=C\CCCCCCCCNC=O.Cl.Cl.Cl. The molecule has 0 saturated carbocycles. The Hall–Kier alpha value is 0.0800. The van der Waals surface area contributed by atoms with Crippen LogP contribution in [-0.4, -0.2) is 13.0 Å². The number of carbonyl (C=O) groups is 1. The van der Waals surface area contributed by atoms with Crippen LogP contribution in [0.5, 0.6) is 0 Å². The molecule has 0 atom stereocenters. The third-order valence-electron chi connectivity index (χ3n) is 3.92. The molecule has 0 aromatic rings. The molecule has 5 heteroatoms. The fourth-order valence-electron chi connectivity index (χ4n) is 2.53. The van der Waals surface area contributed by atoms with Crippen LogP contribution in [0.1, 0.15) is 96.8 Å². The van der Waals surface area contributed by atoms with E-state index in [-0.39, 0.29) is 37.2 Å². The first kappa shape index (κ1) is 31.8. The van der Waals surface area contributed by atoms with Crippen LogP contribution in [0.25, 0.3) is 0 Å². The quantitative estimate of drug-likeness (QED) is 0.157. The summed E-state index contributed by atoms with van der Waals surface area (Å²) in [7, 11) is 0. The molecule has 148 valence electrons. The maximum absolute atomic E-state index is 10.0. The van der Waals surface area contributed by atoms with Gasteiger partial charge in [0.05, 0.1) is 0 Å². The van der Waals surface area contributed by atoms with E-state index in [0.29, 0.717) is 0 Å². The Morgan fingerprint density at radius 3 is 1.50 bits per heavy atom. The lowest BCUT2D eigenvalue weighted by molar-refractivity contribution is -0.109. The highest BCUT2D eigenvalue weighted by Gasteiger charge is 1.91. The molecule has 0 heterocycles. The predicted octanol–water partition coefficient (Wildman–Crippen LogP) is 7.04. The molecule has 0 rings (SSSR count). The summed E-state index contributed by atoms with van der Waals surface area (Å²) in [5, 5.41) is 2.71. The first-order valence-corrected chi connectivity index (χ1v) is 9.23. The summed E-state index contributed by atoms with van der Waals surface area (Å²) in [6.45, 7) is 3.11. The van der Waals surface area contributed by atoms with Gasteiger partial charge in [0, 0.05) is 6.54 Å². The van der Waals surface area contributed by atoms with Crippen molar-refractivity contribution < 1.29 is 4.79 Å². The topological polar surface area (TPSA) is 29.1 Å². The molecule has 1 N–H and O–H groups in total. The molecule has 0 unspecified atom stereocenters. The van der Waals surface area contributed by atoms with Crippen molar-refractivity contribution >= 4 is 43.6 Å². The summed E-state index contributed by atoms with van der Waals surface area (Å²) in [6, 6.07) is 0. The number of rotatable bonds is 17. The van der Waals surface area contributed by atoms with Gasteiger partial charge >= 0.3 is 0 Å². The molecule has 0 aliphatic carbocycles. The van der Waals surface area contributed by atoms with Crippen LogP contribution in [0, 0.1) is 0 Å². The first-order chi connectivity index (χ1) is 10.4. The van der Waals surface area contributed by atoms with E-state index in [1.165, 1.54) is 83.5 Å².